The van der Waals surface area contributed by atoms with E-state index in [-0.39, 0.29) is 5.82 Å². The minimum Gasteiger partial charge on any atom is -0.388 e. The van der Waals surface area contributed by atoms with Gasteiger partial charge < -0.3 is 5.11 Å². The summed E-state index contributed by atoms with van der Waals surface area (Å²) in [5.41, 5.74) is 1.64. The molecule has 1 unspecified atom stereocenters. The molecule has 0 aliphatic rings. The molecule has 0 aliphatic carbocycles. The SMILES string of the molecule is C=C(C)CC(O)c1ccc(F)cc1. The fourth-order valence-corrected chi connectivity index (χ4v) is 1.13. The Morgan fingerprint density at radius 2 is 2.00 bits per heavy atom. The van der Waals surface area contributed by atoms with E-state index in [9.17, 15) is 9.50 Å². The van der Waals surface area contributed by atoms with Crippen molar-refractivity contribution in [3.05, 3.63) is 47.8 Å². The lowest BCUT2D eigenvalue weighted by Crippen LogP contribution is -1.97. The Morgan fingerprint density at radius 1 is 1.46 bits per heavy atom. The molecule has 0 spiro atoms. The third-order valence-corrected chi connectivity index (χ3v) is 1.80. The number of rotatable bonds is 3. The van der Waals surface area contributed by atoms with Gasteiger partial charge in [0.15, 0.2) is 0 Å². The fraction of sp³-hybridized carbons (Fsp3) is 0.273. The van der Waals surface area contributed by atoms with Crippen LogP contribution in [0.2, 0.25) is 0 Å². The molecule has 0 aromatic heterocycles. The molecule has 13 heavy (non-hydrogen) atoms. The number of aliphatic hydroxyl groups excluding tert-OH is 1. The van der Waals surface area contributed by atoms with Gasteiger partial charge in [0.05, 0.1) is 6.10 Å². The summed E-state index contributed by atoms with van der Waals surface area (Å²) in [5, 5.41) is 9.60. The lowest BCUT2D eigenvalue weighted by Gasteiger charge is -2.10. The van der Waals surface area contributed by atoms with Crippen LogP contribution < -0.4 is 0 Å². The van der Waals surface area contributed by atoms with E-state index in [2.05, 4.69) is 6.58 Å². The number of hydrogen-bond acceptors (Lipinski definition) is 1. The standard InChI is InChI=1S/C11H13FO/c1-8(2)7-11(13)9-3-5-10(12)6-4-9/h3-6,11,13H,1,7H2,2H3. The van der Waals surface area contributed by atoms with Crippen molar-refractivity contribution in [1.82, 2.24) is 0 Å². The third-order valence-electron chi connectivity index (χ3n) is 1.80. The van der Waals surface area contributed by atoms with E-state index in [1.54, 1.807) is 12.1 Å². The Labute approximate surface area is 77.5 Å². The van der Waals surface area contributed by atoms with Gasteiger partial charge in [0.1, 0.15) is 5.82 Å². The van der Waals surface area contributed by atoms with Gasteiger partial charge in [-0.25, -0.2) is 4.39 Å². The first kappa shape index (κ1) is 9.93. The summed E-state index contributed by atoms with van der Waals surface area (Å²) in [5.74, 6) is -0.286. The predicted octanol–water partition coefficient (Wildman–Crippen LogP) is 2.83. The Hall–Kier alpha value is -1.15. The topological polar surface area (TPSA) is 20.2 Å². The molecule has 1 rings (SSSR count). The second-order valence-corrected chi connectivity index (χ2v) is 3.23. The summed E-state index contributed by atoms with van der Waals surface area (Å²) in [6.07, 6.45) is -0.0517. The highest BCUT2D eigenvalue weighted by Gasteiger charge is 2.06. The molecule has 0 bridgehead atoms. The smallest absolute Gasteiger partial charge is 0.123 e. The maximum atomic E-state index is 12.5. The van der Waals surface area contributed by atoms with Gasteiger partial charge in [0.25, 0.3) is 0 Å². The summed E-state index contributed by atoms with van der Waals surface area (Å²) < 4.78 is 12.5. The normalized spacial score (nSPS) is 12.5. The van der Waals surface area contributed by atoms with E-state index in [4.69, 9.17) is 0 Å². The van der Waals surface area contributed by atoms with Crippen LogP contribution in [-0.4, -0.2) is 5.11 Å². The van der Waals surface area contributed by atoms with Gasteiger partial charge in [-0.15, -0.1) is 6.58 Å². The molecule has 2 heteroatoms. The molecular weight excluding hydrogens is 167 g/mol. The van der Waals surface area contributed by atoms with Gasteiger partial charge in [-0.05, 0) is 31.0 Å². The van der Waals surface area contributed by atoms with E-state index in [1.165, 1.54) is 12.1 Å². The molecule has 1 aromatic rings. The molecule has 0 radical (unpaired) electrons. The van der Waals surface area contributed by atoms with Gasteiger partial charge in [-0.3, -0.25) is 0 Å². The van der Waals surface area contributed by atoms with Crippen molar-refractivity contribution in [2.45, 2.75) is 19.4 Å². The number of halogens is 1. The second-order valence-electron chi connectivity index (χ2n) is 3.23. The first-order valence-electron chi connectivity index (χ1n) is 4.17. The summed E-state index contributed by atoms with van der Waals surface area (Å²) >= 11 is 0. The first-order chi connectivity index (χ1) is 6.09. The van der Waals surface area contributed by atoms with Crippen LogP contribution in [0.15, 0.2) is 36.4 Å². The highest BCUT2D eigenvalue weighted by molar-refractivity contribution is 5.19. The van der Waals surface area contributed by atoms with E-state index < -0.39 is 6.10 Å². The van der Waals surface area contributed by atoms with Crippen molar-refractivity contribution >= 4 is 0 Å². The monoisotopic (exact) mass is 180 g/mol. The largest absolute Gasteiger partial charge is 0.388 e. The third kappa shape index (κ3) is 2.99. The maximum absolute atomic E-state index is 12.5. The fourth-order valence-electron chi connectivity index (χ4n) is 1.13. The summed E-state index contributed by atoms with van der Waals surface area (Å²) in [6, 6.07) is 5.86. The molecule has 0 saturated carbocycles. The van der Waals surface area contributed by atoms with E-state index in [0.29, 0.717) is 6.42 Å². The second kappa shape index (κ2) is 4.19. The molecule has 1 N–H and O–H groups in total. The van der Waals surface area contributed by atoms with Gasteiger partial charge in [0, 0.05) is 0 Å². The average molecular weight is 180 g/mol. The van der Waals surface area contributed by atoms with Crippen LogP contribution in [0, 0.1) is 5.82 Å². The van der Waals surface area contributed by atoms with Crippen molar-refractivity contribution in [1.29, 1.82) is 0 Å². The van der Waals surface area contributed by atoms with Crippen LogP contribution >= 0.6 is 0 Å². The molecular formula is C11H13FO. The number of aliphatic hydroxyl groups is 1. The van der Waals surface area contributed by atoms with Crippen molar-refractivity contribution in [2.75, 3.05) is 0 Å². The Morgan fingerprint density at radius 3 is 2.46 bits per heavy atom. The Bertz CT molecular complexity index is 289. The highest BCUT2D eigenvalue weighted by Crippen LogP contribution is 2.19. The summed E-state index contributed by atoms with van der Waals surface area (Å²) in [6.45, 7) is 5.56. The first-order valence-corrected chi connectivity index (χ1v) is 4.17. The molecule has 0 heterocycles. The van der Waals surface area contributed by atoms with Gasteiger partial charge in [0.2, 0.25) is 0 Å². The van der Waals surface area contributed by atoms with Crippen LogP contribution in [0.3, 0.4) is 0 Å². The number of benzene rings is 1. The van der Waals surface area contributed by atoms with Crippen LogP contribution in [0.4, 0.5) is 4.39 Å². The maximum Gasteiger partial charge on any atom is 0.123 e. The zero-order valence-electron chi connectivity index (χ0n) is 7.63. The van der Waals surface area contributed by atoms with E-state index in [1.807, 2.05) is 6.92 Å². The summed E-state index contributed by atoms with van der Waals surface area (Å²) in [4.78, 5) is 0. The van der Waals surface area contributed by atoms with Gasteiger partial charge >= 0.3 is 0 Å². The molecule has 0 aliphatic heterocycles. The highest BCUT2D eigenvalue weighted by atomic mass is 19.1. The zero-order valence-corrected chi connectivity index (χ0v) is 7.63. The van der Waals surface area contributed by atoms with Crippen LogP contribution in [0.5, 0.6) is 0 Å². The number of hydrogen-bond donors (Lipinski definition) is 1. The molecule has 1 nitrogen and oxygen atoms in total. The lowest BCUT2D eigenvalue weighted by molar-refractivity contribution is 0.178. The molecule has 0 saturated heterocycles. The predicted molar refractivity (Wildman–Crippen MR) is 50.8 cm³/mol. The van der Waals surface area contributed by atoms with Crippen molar-refractivity contribution in [2.24, 2.45) is 0 Å². The van der Waals surface area contributed by atoms with Crippen LogP contribution in [0.1, 0.15) is 25.0 Å². The minimum absolute atomic E-state index is 0.286. The van der Waals surface area contributed by atoms with Gasteiger partial charge in [-0.2, -0.15) is 0 Å². The lowest BCUT2D eigenvalue weighted by atomic mass is 10.0. The zero-order chi connectivity index (χ0) is 9.84. The van der Waals surface area contributed by atoms with Gasteiger partial charge in [-0.1, -0.05) is 17.7 Å². The van der Waals surface area contributed by atoms with Crippen molar-refractivity contribution in [3.63, 3.8) is 0 Å². The van der Waals surface area contributed by atoms with E-state index in [0.717, 1.165) is 11.1 Å². The van der Waals surface area contributed by atoms with Crippen LogP contribution in [-0.2, 0) is 0 Å². The molecule has 70 valence electrons. The molecule has 1 aromatic carbocycles. The average Bonchev–Trinajstić information content (AvgIpc) is 2.04. The Balaban J connectivity index is 2.71. The minimum atomic E-state index is -0.571. The van der Waals surface area contributed by atoms with Crippen molar-refractivity contribution in [3.8, 4) is 0 Å². The van der Waals surface area contributed by atoms with Crippen LogP contribution in [0.25, 0.3) is 0 Å². The molecule has 1 atom stereocenters. The summed E-state index contributed by atoms with van der Waals surface area (Å²) in [7, 11) is 0. The molecule has 0 amide bonds. The van der Waals surface area contributed by atoms with E-state index >= 15 is 0 Å². The quantitative estimate of drug-likeness (QED) is 0.709. The Kier molecular flexibility index (Phi) is 3.20. The molecule has 0 fully saturated rings. The van der Waals surface area contributed by atoms with Crippen molar-refractivity contribution < 1.29 is 9.50 Å².